The molecule has 0 radical (unpaired) electrons. The third kappa shape index (κ3) is 4.39. The molecule has 1 N–H and O–H groups in total. The molecule has 132 valence electrons. The van der Waals surface area contributed by atoms with Gasteiger partial charge >= 0.3 is 6.03 Å². The molecule has 3 rings (SSSR count). The number of nitrogens with zero attached hydrogens (tertiary/aromatic N) is 2. The number of amides is 2. The number of nitrogens with one attached hydrogen (secondary N) is 1. The Balaban J connectivity index is 1.60. The molecular weight excluding hydrogens is 306 g/mol. The molecule has 2 aliphatic rings. The molecule has 1 aromatic rings. The Hall–Kier alpha value is -1.79. The highest BCUT2D eigenvalue weighted by molar-refractivity contribution is 5.90. The Bertz CT molecular complexity index is 540. The Kier molecular flexibility index (Phi) is 5.93. The molecule has 2 amide bonds. The van der Waals surface area contributed by atoms with Gasteiger partial charge in [0.2, 0.25) is 0 Å². The van der Waals surface area contributed by atoms with Gasteiger partial charge in [-0.1, -0.05) is 6.07 Å². The number of rotatable bonds is 5. The van der Waals surface area contributed by atoms with Crippen LogP contribution in [-0.4, -0.2) is 63.0 Å². The summed E-state index contributed by atoms with van der Waals surface area (Å²) in [5.74, 6) is 0. The van der Waals surface area contributed by atoms with Gasteiger partial charge in [-0.3, -0.25) is 0 Å². The molecule has 6 heteroatoms. The SMILES string of the molecule is CCN(CC1CCCO1)C(=O)Nc1cccc(N2CCOCC2)c1. The monoisotopic (exact) mass is 333 g/mol. The van der Waals surface area contributed by atoms with Gasteiger partial charge in [-0.15, -0.1) is 0 Å². The van der Waals surface area contributed by atoms with E-state index in [2.05, 4.69) is 16.3 Å². The average Bonchev–Trinajstić information content (AvgIpc) is 3.14. The van der Waals surface area contributed by atoms with Crippen LogP contribution in [0.3, 0.4) is 0 Å². The van der Waals surface area contributed by atoms with E-state index in [9.17, 15) is 4.79 Å². The molecule has 2 aliphatic heterocycles. The largest absolute Gasteiger partial charge is 0.378 e. The molecule has 2 heterocycles. The van der Waals surface area contributed by atoms with E-state index in [1.54, 1.807) is 0 Å². The molecule has 1 unspecified atom stereocenters. The predicted molar refractivity (Wildman–Crippen MR) is 94.7 cm³/mol. The lowest BCUT2D eigenvalue weighted by Crippen LogP contribution is -2.40. The number of carbonyl (C=O) groups excluding carboxylic acids is 1. The van der Waals surface area contributed by atoms with Crippen molar-refractivity contribution in [1.29, 1.82) is 0 Å². The number of likely N-dealkylation sites (N-methyl/N-ethyl adjacent to an activating group) is 1. The van der Waals surface area contributed by atoms with Crippen LogP contribution in [0.4, 0.5) is 16.2 Å². The maximum absolute atomic E-state index is 12.5. The predicted octanol–water partition coefficient (Wildman–Crippen LogP) is 2.56. The van der Waals surface area contributed by atoms with E-state index in [0.717, 1.165) is 57.1 Å². The standard InChI is InChI=1S/C18H27N3O3/c1-2-20(14-17-7-4-10-24-17)18(22)19-15-5-3-6-16(13-15)21-8-11-23-12-9-21/h3,5-6,13,17H,2,4,7-12,14H2,1H3,(H,19,22). The molecule has 6 nitrogen and oxygen atoms in total. The fourth-order valence-electron chi connectivity index (χ4n) is 3.19. The molecule has 0 spiro atoms. The normalized spacial score (nSPS) is 20.9. The number of carbonyl (C=O) groups is 1. The smallest absolute Gasteiger partial charge is 0.321 e. The third-order valence-electron chi connectivity index (χ3n) is 4.59. The van der Waals surface area contributed by atoms with Crippen LogP contribution in [0.25, 0.3) is 0 Å². The van der Waals surface area contributed by atoms with Crippen LogP contribution in [0.15, 0.2) is 24.3 Å². The topological polar surface area (TPSA) is 54.0 Å². The molecule has 2 saturated heterocycles. The molecule has 0 aliphatic carbocycles. The number of urea groups is 1. The summed E-state index contributed by atoms with van der Waals surface area (Å²) in [6.45, 7) is 7.42. The number of benzene rings is 1. The number of anilines is 2. The van der Waals surface area contributed by atoms with Gasteiger partial charge in [0.05, 0.1) is 19.3 Å². The fraction of sp³-hybridized carbons (Fsp3) is 0.611. The second-order valence-corrected chi connectivity index (χ2v) is 6.25. The quantitative estimate of drug-likeness (QED) is 0.900. The van der Waals surface area contributed by atoms with Gasteiger partial charge in [0.25, 0.3) is 0 Å². The zero-order valence-electron chi connectivity index (χ0n) is 14.4. The van der Waals surface area contributed by atoms with Gasteiger partial charge in [0.15, 0.2) is 0 Å². The molecular formula is C18H27N3O3. The van der Waals surface area contributed by atoms with Gasteiger partial charge in [0, 0.05) is 44.2 Å². The van der Waals surface area contributed by atoms with Crippen LogP contribution >= 0.6 is 0 Å². The third-order valence-corrected chi connectivity index (χ3v) is 4.59. The molecule has 0 saturated carbocycles. The minimum Gasteiger partial charge on any atom is -0.378 e. The first kappa shape index (κ1) is 17.0. The number of ether oxygens (including phenoxy) is 2. The van der Waals surface area contributed by atoms with Gasteiger partial charge in [0.1, 0.15) is 0 Å². The van der Waals surface area contributed by atoms with Crippen LogP contribution in [0, 0.1) is 0 Å². The van der Waals surface area contributed by atoms with Crippen molar-refractivity contribution in [3.8, 4) is 0 Å². The second-order valence-electron chi connectivity index (χ2n) is 6.25. The van der Waals surface area contributed by atoms with E-state index < -0.39 is 0 Å². The maximum atomic E-state index is 12.5. The Morgan fingerprint density at radius 3 is 2.88 bits per heavy atom. The van der Waals surface area contributed by atoms with Crippen molar-refractivity contribution in [1.82, 2.24) is 4.90 Å². The Labute approximate surface area is 143 Å². The summed E-state index contributed by atoms with van der Waals surface area (Å²) in [6, 6.07) is 7.96. The van der Waals surface area contributed by atoms with Crippen LogP contribution in [0.5, 0.6) is 0 Å². The zero-order chi connectivity index (χ0) is 16.8. The highest BCUT2D eigenvalue weighted by Gasteiger charge is 2.21. The highest BCUT2D eigenvalue weighted by Crippen LogP contribution is 2.21. The molecule has 0 aromatic heterocycles. The van der Waals surface area contributed by atoms with Crippen LogP contribution < -0.4 is 10.2 Å². The summed E-state index contributed by atoms with van der Waals surface area (Å²) < 4.78 is 11.0. The van der Waals surface area contributed by atoms with Crippen LogP contribution in [0.2, 0.25) is 0 Å². The summed E-state index contributed by atoms with van der Waals surface area (Å²) >= 11 is 0. The summed E-state index contributed by atoms with van der Waals surface area (Å²) in [5, 5.41) is 3.02. The lowest BCUT2D eigenvalue weighted by atomic mass is 10.2. The van der Waals surface area contributed by atoms with Crippen molar-refractivity contribution in [2.75, 3.05) is 56.2 Å². The van der Waals surface area contributed by atoms with E-state index in [1.807, 2.05) is 30.0 Å². The molecule has 24 heavy (non-hydrogen) atoms. The first-order valence-electron chi connectivity index (χ1n) is 8.86. The molecule has 0 bridgehead atoms. The van der Waals surface area contributed by atoms with Crippen LogP contribution in [-0.2, 0) is 9.47 Å². The van der Waals surface area contributed by atoms with Gasteiger partial charge in [-0.2, -0.15) is 0 Å². The van der Waals surface area contributed by atoms with Crippen LogP contribution in [0.1, 0.15) is 19.8 Å². The minimum atomic E-state index is -0.0628. The second kappa shape index (κ2) is 8.35. The average molecular weight is 333 g/mol. The number of hydrogen-bond acceptors (Lipinski definition) is 4. The van der Waals surface area contributed by atoms with Gasteiger partial charge in [-0.25, -0.2) is 4.79 Å². The summed E-state index contributed by atoms with van der Waals surface area (Å²) in [4.78, 5) is 16.6. The number of morpholine rings is 1. The van der Waals surface area contributed by atoms with Crippen molar-refractivity contribution in [2.45, 2.75) is 25.9 Å². The lowest BCUT2D eigenvalue weighted by Gasteiger charge is -2.29. The van der Waals surface area contributed by atoms with Crippen molar-refractivity contribution in [3.63, 3.8) is 0 Å². The molecule has 1 aromatic carbocycles. The van der Waals surface area contributed by atoms with E-state index in [4.69, 9.17) is 9.47 Å². The van der Waals surface area contributed by atoms with Crippen molar-refractivity contribution < 1.29 is 14.3 Å². The van der Waals surface area contributed by atoms with E-state index in [-0.39, 0.29) is 12.1 Å². The van der Waals surface area contributed by atoms with Gasteiger partial charge in [-0.05, 0) is 38.0 Å². The molecule has 2 fully saturated rings. The van der Waals surface area contributed by atoms with E-state index in [0.29, 0.717) is 13.1 Å². The van der Waals surface area contributed by atoms with Gasteiger partial charge < -0.3 is 24.6 Å². The Morgan fingerprint density at radius 2 is 2.17 bits per heavy atom. The fourth-order valence-corrected chi connectivity index (χ4v) is 3.19. The summed E-state index contributed by atoms with van der Waals surface area (Å²) in [5.41, 5.74) is 1.95. The van der Waals surface area contributed by atoms with E-state index >= 15 is 0 Å². The van der Waals surface area contributed by atoms with Crippen molar-refractivity contribution in [2.24, 2.45) is 0 Å². The zero-order valence-corrected chi connectivity index (χ0v) is 14.4. The highest BCUT2D eigenvalue weighted by atomic mass is 16.5. The number of hydrogen-bond donors (Lipinski definition) is 1. The van der Waals surface area contributed by atoms with Crippen molar-refractivity contribution in [3.05, 3.63) is 24.3 Å². The minimum absolute atomic E-state index is 0.0628. The van der Waals surface area contributed by atoms with Crippen molar-refractivity contribution >= 4 is 17.4 Å². The molecule has 1 atom stereocenters. The first-order valence-corrected chi connectivity index (χ1v) is 8.86. The summed E-state index contributed by atoms with van der Waals surface area (Å²) in [6.07, 6.45) is 2.30. The summed E-state index contributed by atoms with van der Waals surface area (Å²) in [7, 11) is 0. The lowest BCUT2D eigenvalue weighted by molar-refractivity contribution is 0.0849. The first-order chi connectivity index (χ1) is 11.8. The Morgan fingerprint density at radius 1 is 1.33 bits per heavy atom. The van der Waals surface area contributed by atoms with E-state index in [1.165, 1.54) is 0 Å². The maximum Gasteiger partial charge on any atom is 0.321 e.